The van der Waals surface area contributed by atoms with Gasteiger partial charge in [0.25, 0.3) is 0 Å². The zero-order valence-electron chi connectivity index (χ0n) is 10.7. The molecule has 0 aliphatic carbocycles. The van der Waals surface area contributed by atoms with Crippen LogP contribution in [0.1, 0.15) is 0 Å². The molecule has 1 rings (SSSR count). The van der Waals surface area contributed by atoms with Crippen molar-refractivity contribution >= 4 is 6.03 Å². The Labute approximate surface area is 108 Å². The molecule has 1 aliphatic heterocycles. The van der Waals surface area contributed by atoms with Crippen LogP contribution in [0, 0.1) is 11.3 Å². The van der Waals surface area contributed by atoms with E-state index >= 15 is 0 Å². The van der Waals surface area contributed by atoms with Gasteiger partial charge in [-0.05, 0) is 0 Å². The molecule has 18 heavy (non-hydrogen) atoms. The Morgan fingerprint density at radius 1 is 1.50 bits per heavy atom. The molecule has 7 heteroatoms. The van der Waals surface area contributed by atoms with Crippen molar-refractivity contribution in [3.63, 3.8) is 0 Å². The SMILES string of the molecule is N#CCNCCN(CCN)CCN1CCNC1=O. The Kier molecular flexibility index (Phi) is 7.10. The summed E-state index contributed by atoms with van der Waals surface area (Å²) < 4.78 is 0. The van der Waals surface area contributed by atoms with Crippen LogP contribution in [0.2, 0.25) is 0 Å². The van der Waals surface area contributed by atoms with Gasteiger partial charge in [0.1, 0.15) is 0 Å². The zero-order valence-corrected chi connectivity index (χ0v) is 10.7. The predicted molar refractivity (Wildman–Crippen MR) is 68.9 cm³/mol. The summed E-state index contributed by atoms with van der Waals surface area (Å²) in [7, 11) is 0. The summed E-state index contributed by atoms with van der Waals surface area (Å²) in [4.78, 5) is 15.4. The molecular formula is C11H22N6O. The van der Waals surface area contributed by atoms with Crippen molar-refractivity contribution in [3.8, 4) is 6.07 Å². The number of nitriles is 1. The molecule has 0 saturated carbocycles. The first-order valence-corrected chi connectivity index (χ1v) is 6.30. The number of carbonyl (C=O) groups is 1. The summed E-state index contributed by atoms with van der Waals surface area (Å²) >= 11 is 0. The molecule has 0 aromatic carbocycles. The first-order chi connectivity index (χ1) is 8.77. The van der Waals surface area contributed by atoms with Crippen LogP contribution in [-0.4, -0.2) is 74.7 Å². The summed E-state index contributed by atoms with van der Waals surface area (Å²) in [6.45, 7) is 6.44. The van der Waals surface area contributed by atoms with Crippen LogP contribution in [0.5, 0.6) is 0 Å². The molecule has 0 bridgehead atoms. The monoisotopic (exact) mass is 254 g/mol. The topological polar surface area (TPSA) is 97.4 Å². The predicted octanol–water partition coefficient (Wildman–Crippen LogP) is -1.61. The quantitative estimate of drug-likeness (QED) is 0.339. The van der Waals surface area contributed by atoms with Gasteiger partial charge in [-0.15, -0.1) is 0 Å². The average Bonchev–Trinajstić information content (AvgIpc) is 2.77. The van der Waals surface area contributed by atoms with E-state index in [2.05, 4.69) is 15.5 Å². The highest BCUT2D eigenvalue weighted by Crippen LogP contribution is 1.97. The van der Waals surface area contributed by atoms with Crippen LogP contribution in [0.4, 0.5) is 4.79 Å². The van der Waals surface area contributed by atoms with Gasteiger partial charge in [0, 0.05) is 52.4 Å². The zero-order chi connectivity index (χ0) is 13.2. The average molecular weight is 254 g/mol. The third-order valence-electron chi connectivity index (χ3n) is 2.89. The number of nitrogens with one attached hydrogen (secondary N) is 2. The van der Waals surface area contributed by atoms with Crippen LogP contribution in [0.25, 0.3) is 0 Å². The highest BCUT2D eigenvalue weighted by Gasteiger charge is 2.19. The highest BCUT2D eigenvalue weighted by atomic mass is 16.2. The number of hydrogen-bond acceptors (Lipinski definition) is 5. The van der Waals surface area contributed by atoms with Gasteiger partial charge in [-0.2, -0.15) is 5.26 Å². The molecule has 0 radical (unpaired) electrons. The summed E-state index contributed by atoms with van der Waals surface area (Å²) in [6, 6.07) is 2.06. The van der Waals surface area contributed by atoms with Gasteiger partial charge in [0.2, 0.25) is 0 Å². The van der Waals surface area contributed by atoms with E-state index in [1.807, 2.05) is 11.0 Å². The molecule has 1 aliphatic rings. The summed E-state index contributed by atoms with van der Waals surface area (Å²) in [6.07, 6.45) is 0. The molecule has 0 atom stereocenters. The number of rotatable bonds is 9. The first-order valence-electron chi connectivity index (χ1n) is 6.30. The van der Waals surface area contributed by atoms with E-state index in [1.54, 1.807) is 0 Å². The number of urea groups is 1. The molecule has 0 unspecified atom stereocenters. The fraction of sp³-hybridized carbons (Fsp3) is 0.818. The standard InChI is InChI=1S/C11H22N6O/c12-1-3-14-4-7-16(6-2-13)9-10-17-8-5-15-11(17)18/h14H,2-10,13H2,(H,15,18). The Hall–Kier alpha value is -1.36. The van der Waals surface area contributed by atoms with Crippen molar-refractivity contribution in [1.82, 2.24) is 20.4 Å². The van der Waals surface area contributed by atoms with E-state index < -0.39 is 0 Å². The van der Waals surface area contributed by atoms with E-state index in [0.717, 1.165) is 45.8 Å². The lowest BCUT2D eigenvalue weighted by Crippen LogP contribution is -2.41. The minimum Gasteiger partial charge on any atom is -0.336 e. The fourth-order valence-electron chi connectivity index (χ4n) is 1.89. The van der Waals surface area contributed by atoms with Crippen molar-refractivity contribution in [2.24, 2.45) is 5.73 Å². The second kappa shape index (κ2) is 8.69. The number of hydrogen-bond donors (Lipinski definition) is 3. The van der Waals surface area contributed by atoms with Crippen molar-refractivity contribution in [2.75, 3.05) is 58.9 Å². The van der Waals surface area contributed by atoms with Gasteiger partial charge in [-0.3, -0.25) is 4.90 Å². The molecule has 0 spiro atoms. The Morgan fingerprint density at radius 2 is 2.33 bits per heavy atom. The fourth-order valence-corrected chi connectivity index (χ4v) is 1.89. The lowest BCUT2D eigenvalue weighted by Gasteiger charge is -2.24. The summed E-state index contributed by atoms with van der Waals surface area (Å²) in [5.41, 5.74) is 5.56. The molecule has 102 valence electrons. The Balaban J connectivity index is 2.20. The lowest BCUT2D eigenvalue weighted by molar-refractivity contribution is 0.202. The van der Waals surface area contributed by atoms with Crippen LogP contribution >= 0.6 is 0 Å². The minimum atomic E-state index is 0.0188. The van der Waals surface area contributed by atoms with Gasteiger partial charge in [-0.25, -0.2) is 4.79 Å². The maximum atomic E-state index is 11.4. The molecule has 4 N–H and O–H groups in total. The van der Waals surface area contributed by atoms with E-state index in [4.69, 9.17) is 11.0 Å². The maximum Gasteiger partial charge on any atom is 0.317 e. The van der Waals surface area contributed by atoms with Gasteiger partial charge in [0.05, 0.1) is 12.6 Å². The summed E-state index contributed by atoms with van der Waals surface area (Å²) in [5, 5.41) is 14.2. The van der Waals surface area contributed by atoms with Crippen molar-refractivity contribution in [1.29, 1.82) is 5.26 Å². The van der Waals surface area contributed by atoms with Gasteiger partial charge in [-0.1, -0.05) is 0 Å². The molecule has 7 nitrogen and oxygen atoms in total. The molecule has 0 aromatic rings. The van der Waals surface area contributed by atoms with Gasteiger partial charge < -0.3 is 21.3 Å². The molecule has 2 amide bonds. The van der Waals surface area contributed by atoms with E-state index in [-0.39, 0.29) is 6.03 Å². The maximum absolute atomic E-state index is 11.4. The van der Waals surface area contributed by atoms with E-state index in [0.29, 0.717) is 13.1 Å². The first kappa shape index (κ1) is 14.7. The van der Waals surface area contributed by atoms with E-state index in [1.165, 1.54) is 0 Å². The van der Waals surface area contributed by atoms with Gasteiger partial charge >= 0.3 is 6.03 Å². The Bertz CT molecular complexity index is 290. The molecule has 1 saturated heterocycles. The normalized spacial score (nSPS) is 14.9. The Morgan fingerprint density at radius 3 is 2.94 bits per heavy atom. The van der Waals surface area contributed by atoms with Crippen LogP contribution in [-0.2, 0) is 0 Å². The number of carbonyl (C=O) groups excluding carboxylic acids is 1. The number of nitrogens with two attached hydrogens (primary N) is 1. The van der Waals surface area contributed by atoms with Crippen molar-refractivity contribution < 1.29 is 4.79 Å². The minimum absolute atomic E-state index is 0.0188. The van der Waals surface area contributed by atoms with Crippen molar-refractivity contribution in [2.45, 2.75) is 0 Å². The third-order valence-corrected chi connectivity index (χ3v) is 2.89. The molecule has 0 aromatic heterocycles. The third kappa shape index (κ3) is 5.31. The number of amides is 2. The van der Waals surface area contributed by atoms with Crippen molar-refractivity contribution in [3.05, 3.63) is 0 Å². The second-order valence-electron chi connectivity index (χ2n) is 4.18. The largest absolute Gasteiger partial charge is 0.336 e. The number of nitrogens with zero attached hydrogens (tertiary/aromatic N) is 3. The van der Waals surface area contributed by atoms with Crippen LogP contribution in [0.15, 0.2) is 0 Å². The smallest absolute Gasteiger partial charge is 0.317 e. The van der Waals surface area contributed by atoms with Gasteiger partial charge in [0.15, 0.2) is 0 Å². The lowest BCUT2D eigenvalue weighted by atomic mass is 10.4. The van der Waals surface area contributed by atoms with Crippen LogP contribution < -0.4 is 16.4 Å². The molecule has 1 fully saturated rings. The highest BCUT2D eigenvalue weighted by molar-refractivity contribution is 5.76. The summed E-state index contributed by atoms with van der Waals surface area (Å²) in [5.74, 6) is 0. The molecule has 1 heterocycles. The van der Waals surface area contributed by atoms with Crippen LogP contribution in [0.3, 0.4) is 0 Å². The molecular weight excluding hydrogens is 232 g/mol. The van der Waals surface area contributed by atoms with E-state index in [9.17, 15) is 4.79 Å². The second-order valence-corrected chi connectivity index (χ2v) is 4.18.